The lowest BCUT2D eigenvalue weighted by Gasteiger charge is -2.09. The van der Waals surface area contributed by atoms with Crippen LogP contribution in [0.25, 0.3) is 0 Å². The number of amides is 1. The van der Waals surface area contributed by atoms with Crippen molar-refractivity contribution >= 4 is 23.4 Å². The third kappa shape index (κ3) is 4.50. The van der Waals surface area contributed by atoms with E-state index in [0.717, 1.165) is 5.69 Å². The summed E-state index contributed by atoms with van der Waals surface area (Å²) in [6.07, 6.45) is 1.32. The minimum atomic E-state index is -0.397. The van der Waals surface area contributed by atoms with Gasteiger partial charge < -0.3 is 15.4 Å². The van der Waals surface area contributed by atoms with E-state index in [4.69, 9.17) is 0 Å². The molecule has 0 spiro atoms. The van der Waals surface area contributed by atoms with Gasteiger partial charge in [-0.15, -0.1) is 0 Å². The van der Waals surface area contributed by atoms with E-state index in [-0.39, 0.29) is 17.6 Å². The summed E-state index contributed by atoms with van der Waals surface area (Å²) in [5.74, 6) is -0.169. The van der Waals surface area contributed by atoms with Crippen molar-refractivity contribution < 1.29 is 14.3 Å². The Labute approximate surface area is 134 Å². The second-order valence-electron chi connectivity index (χ2n) is 5.11. The zero-order valence-electron chi connectivity index (χ0n) is 13.2. The van der Waals surface area contributed by atoms with E-state index in [9.17, 15) is 9.59 Å². The summed E-state index contributed by atoms with van der Waals surface area (Å²) in [5, 5.41) is 5.82. The van der Waals surface area contributed by atoms with Crippen LogP contribution in [0.3, 0.4) is 0 Å². The zero-order chi connectivity index (χ0) is 16.8. The first-order valence-electron chi connectivity index (χ1n) is 7.08. The Morgan fingerprint density at radius 3 is 2.43 bits per heavy atom. The first-order valence-corrected chi connectivity index (χ1v) is 7.08. The van der Waals surface area contributed by atoms with E-state index in [1.165, 1.54) is 13.4 Å². The van der Waals surface area contributed by atoms with Gasteiger partial charge in [0.15, 0.2) is 0 Å². The number of benzene rings is 1. The molecule has 1 heterocycles. The Morgan fingerprint density at radius 2 is 1.83 bits per heavy atom. The van der Waals surface area contributed by atoms with Gasteiger partial charge in [-0.3, -0.25) is 4.79 Å². The van der Waals surface area contributed by atoms with Crippen molar-refractivity contribution in [2.24, 2.45) is 0 Å². The molecule has 7 heteroatoms. The number of nitrogens with one attached hydrogen (secondary N) is 2. The Bertz CT molecular complexity index is 699. The third-order valence-corrected chi connectivity index (χ3v) is 2.90. The van der Waals surface area contributed by atoms with Gasteiger partial charge in [0.1, 0.15) is 17.8 Å². The number of nitrogens with zero attached hydrogens (tertiary/aromatic N) is 2. The van der Waals surface area contributed by atoms with Crippen molar-refractivity contribution in [3.05, 3.63) is 47.9 Å². The monoisotopic (exact) mass is 314 g/mol. The Balaban J connectivity index is 2.11. The van der Waals surface area contributed by atoms with Gasteiger partial charge >= 0.3 is 5.97 Å². The quantitative estimate of drug-likeness (QED) is 0.821. The summed E-state index contributed by atoms with van der Waals surface area (Å²) in [5.41, 5.74) is 1.46. The molecule has 0 aliphatic rings. The molecule has 0 aliphatic heterocycles. The van der Waals surface area contributed by atoms with Crippen molar-refractivity contribution in [3.63, 3.8) is 0 Å². The molecule has 0 atom stereocenters. The van der Waals surface area contributed by atoms with Gasteiger partial charge in [-0.05, 0) is 38.1 Å². The van der Waals surface area contributed by atoms with Crippen LogP contribution >= 0.6 is 0 Å². The number of rotatable bonds is 5. The number of ether oxygens (including phenoxy) is 1. The first kappa shape index (κ1) is 16.4. The Kier molecular flexibility index (Phi) is 5.24. The summed E-state index contributed by atoms with van der Waals surface area (Å²) in [6.45, 7) is 3.75. The van der Waals surface area contributed by atoms with Crippen LogP contribution in [0.5, 0.6) is 0 Å². The van der Waals surface area contributed by atoms with Crippen LogP contribution in [0.4, 0.5) is 11.5 Å². The van der Waals surface area contributed by atoms with E-state index >= 15 is 0 Å². The number of hydrogen-bond acceptors (Lipinski definition) is 6. The molecule has 1 amide bonds. The van der Waals surface area contributed by atoms with Crippen LogP contribution in [-0.4, -0.2) is 35.0 Å². The highest BCUT2D eigenvalue weighted by atomic mass is 16.5. The topological polar surface area (TPSA) is 93.2 Å². The number of carbonyl (C=O) groups is 2. The van der Waals surface area contributed by atoms with Crippen molar-refractivity contribution in [1.29, 1.82) is 0 Å². The van der Waals surface area contributed by atoms with Crippen LogP contribution in [-0.2, 0) is 4.74 Å². The number of carbonyl (C=O) groups excluding carboxylic acids is 2. The average Bonchev–Trinajstić information content (AvgIpc) is 2.54. The number of anilines is 2. The van der Waals surface area contributed by atoms with Crippen molar-refractivity contribution in [1.82, 2.24) is 15.3 Å². The molecule has 2 aromatic rings. The summed E-state index contributed by atoms with van der Waals surface area (Å²) in [7, 11) is 1.33. The molecule has 2 N–H and O–H groups in total. The third-order valence-electron chi connectivity index (χ3n) is 2.90. The lowest BCUT2D eigenvalue weighted by Crippen LogP contribution is -2.30. The summed E-state index contributed by atoms with van der Waals surface area (Å²) >= 11 is 0. The van der Waals surface area contributed by atoms with Gasteiger partial charge in [-0.25, -0.2) is 14.8 Å². The molecule has 7 nitrogen and oxygen atoms in total. The standard InChI is InChI=1S/C16H18N4O3/c1-10(2)19-15(21)13-8-14(18-9-17-13)20-12-6-4-11(5-7-12)16(22)23-3/h4-10H,1-3H3,(H,19,21)(H,17,18,20). The molecule has 2 rings (SSSR count). The highest BCUT2D eigenvalue weighted by molar-refractivity contribution is 5.93. The molecule has 120 valence electrons. The molecule has 0 unspecified atom stereocenters. The second-order valence-corrected chi connectivity index (χ2v) is 5.11. The maximum absolute atomic E-state index is 11.9. The second kappa shape index (κ2) is 7.35. The smallest absolute Gasteiger partial charge is 0.337 e. The van der Waals surface area contributed by atoms with Crippen molar-refractivity contribution in [3.8, 4) is 0 Å². The summed E-state index contributed by atoms with van der Waals surface area (Å²) in [4.78, 5) is 31.3. The van der Waals surface area contributed by atoms with E-state index in [2.05, 4.69) is 25.3 Å². The molecule has 0 bridgehead atoms. The molecule has 1 aromatic carbocycles. The number of esters is 1. The first-order chi connectivity index (χ1) is 11.0. The average molecular weight is 314 g/mol. The zero-order valence-corrected chi connectivity index (χ0v) is 13.2. The van der Waals surface area contributed by atoms with Crippen molar-refractivity contribution in [2.45, 2.75) is 19.9 Å². The predicted molar refractivity (Wildman–Crippen MR) is 85.7 cm³/mol. The molecular formula is C16H18N4O3. The fraction of sp³-hybridized carbons (Fsp3) is 0.250. The fourth-order valence-electron chi connectivity index (χ4n) is 1.84. The van der Waals surface area contributed by atoms with Crippen LogP contribution < -0.4 is 10.6 Å². The SMILES string of the molecule is COC(=O)c1ccc(Nc2cc(C(=O)NC(C)C)ncn2)cc1. The largest absolute Gasteiger partial charge is 0.465 e. The normalized spacial score (nSPS) is 10.3. The minimum absolute atomic E-state index is 0.0275. The van der Waals surface area contributed by atoms with E-state index in [1.807, 2.05) is 13.8 Å². The minimum Gasteiger partial charge on any atom is -0.465 e. The lowest BCUT2D eigenvalue weighted by molar-refractivity contribution is 0.0600. The van der Waals surface area contributed by atoms with Gasteiger partial charge in [0, 0.05) is 17.8 Å². The number of hydrogen-bond donors (Lipinski definition) is 2. The van der Waals surface area contributed by atoms with Gasteiger partial charge in [0.05, 0.1) is 12.7 Å². The van der Waals surface area contributed by atoms with Gasteiger partial charge in [0.25, 0.3) is 5.91 Å². The van der Waals surface area contributed by atoms with Gasteiger partial charge in [-0.2, -0.15) is 0 Å². The molecule has 0 radical (unpaired) electrons. The predicted octanol–water partition coefficient (Wildman–Crippen LogP) is 2.14. The Hall–Kier alpha value is -2.96. The van der Waals surface area contributed by atoms with Gasteiger partial charge in [0.2, 0.25) is 0 Å². The van der Waals surface area contributed by atoms with Crippen LogP contribution in [0.2, 0.25) is 0 Å². The Morgan fingerprint density at radius 1 is 1.13 bits per heavy atom. The number of aromatic nitrogens is 2. The maximum Gasteiger partial charge on any atom is 0.337 e. The van der Waals surface area contributed by atoms with E-state index < -0.39 is 5.97 Å². The molecule has 23 heavy (non-hydrogen) atoms. The molecule has 0 aliphatic carbocycles. The highest BCUT2D eigenvalue weighted by Crippen LogP contribution is 2.16. The van der Waals surface area contributed by atoms with Crippen LogP contribution in [0.15, 0.2) is 36.7 Å². The molecular weight excluding hydrogens is 296 g/mol. The lowest BCUT2D eigenvalue weighted by atomic mass is 10.2. The van der Waals surface area contributed by atoms with E-state index in [1.54, 1.807) is 30.3 Å². The summed E-state index contributed by atoms with van der Waals surface area (Å²) < 4.78 is 4.64. The maximum atomic E-state index is 11.9. The fourth-order valence-corrected chi connectivity index (χ4v) is 1.84. The molecule has 0 saturated heterocycles. The van der Waals surface area contributed by atoms with E-state index in [0.29, 0.717) is 11.4 Å². The van der Waals surface area contributed by atoms with Crippen LogP contribution in [0, 0.1) is 0 Å². The highest BCUT2D eigenvalue weighted by Gasteiger charge is 2.10. The summed E-state index contributed by atoms with van der Waals surface area (Å²) in [6, 6.07) is 8.32. The van der Waals surface area contributed by atoms with Crippen molar-refractivity contribution in [2.75, 3.05) is 12.4 Å². The van der Waals surface area contributed by atoms with Gasteiger partial charge in [-0.1, -0.05) is 0 Å². The van der Waals surface area contributed by atoms with Crippen LogP contribution in [0.1, 0.15) is 34.7 Å². The number of methoxy groups -OCH3 is 1. The molecule has 0 fully saturated rings. The molecule has 1 aromatic heterocycles. The molecule has 0 saturated carbocycles.